The monoisotopic (exact) mass is 339 g/mol. The van der Waals surface area contributed by atoms with Crippen LogP contribution in [0, 0.1) is 0 Å². The van der Waals surface area contributed by atoms with Crippen LogP contribution >= 0.6 is 0 Å². The van der Waals surface area contributed by atoms with Crippen molar-refractivity contribution in [3.05, 3.63) is 65.7 Å². The number of methoxy groups -OCH3 is 1. The van der Waals surface area contributed by atoms with E-state index in [-0.39, 0.29) is 12.5 Å². The first kappa shape index (κ1) is 18.3. The zero-order chi connectivity index (χ0) is 18.1. The van der Waals surface area contributed by atoms with E-state index in [1.807, 2.05) is 43.3 Å². The third-order valence-corrected chi connectivity index (χ3v) is 3.55. The summed E-state index contributed by atoms with van der Waals surface area (Å²) >= 11 is 0. The summed E-state index contributed by atoms with van der Waals surface area (Å²) in [6.45, 7) is 1.68. The van der Waals surface area contributed by atoms with Gasteiger partial charge in [-0.1, -0.05) is 37.3 Å². The summed E-state index contributed by atoms with van der Waals surface area (Å²) < 4.78 is 10.0. The second-order valence-corrected chi connectivity index (χ2v) is 5.27. The Hall–Kier alpha value is -3.08. The van der Waals surface area contributed by atoms with Gasteiger partial charge >= 0.3 is 5.97 Å². The molecule has 2 rings (SSSR count). The number of amides is 1. The Kier molecular flexibility index (Phi) is 6.77. The van der Waals surface area contributed by atoms with Gasteiger partial charge in [-0.05, 0) is 41.8 Å². The molecule has 2 aromatic carbocycles. The van der Waals surface area contributed by atoms with Gasteiger partial charge in [-0.15, -0.1) is 0 Å². The molecule has 0 heterocycles. The van der Waals surface area contributed by atoms with E-state index in [0.29, 0.717) is 0 Å². The van der Waals surface area contributed by atoms with Crippen LogP contribution in [0.1, 0.15) is 18.1 Å². The Bertz CT molecular complexity index is 751. The highest BCUT2D eigenvalue weighted by atomic mass is 16.5. The summed E-state index contributed by atoms with van der Waals surface area (Å²) in [4.78, 5) is 23.6. The lowest BCUT2D eigenvalue weighted by atomic mass is 10.1. The molecule has 25 heavy (non-hydrogen) atoms. The summed E-state index contributed by atoms with van der Waals surface area (Å²) in [5, 5.41) is 2.75. The first-order valence-corrected chi connectivity index (χ1v) is 7.99. The van der Waals surface area contributed by atoms with Gasteiger partial charge in [-0.2, -0.15) is 0 Å². The Labute approximate surface area is 147 Å². The Morgan fingerprint density at radius 1 is 1.08 bits per heavy atom. The fraction of sp³-hybridized carbons (Fsp3) is 0.200. The number of carbonyl (C=O) groups is 2. The Morgan fingerprint density at radius 3 is 2.48 bits per heavy atom. The van der Waals surface area contributed by atoms with E-state index in [1.54, 1.807) is 25.3 Å². The first-order valence-electron chi connectivity index (χ1n) is 7.99. The average molecular weight is 339 g/mol. The van der Waals surface area contributed by atoms with Crippen molar-refractivity contribution < 1.29 is 19.1 Å². The molecule has 0 aliphatic carbocycles. The molecule has 1 N–H and O–H groups in total. The average Bonchev–Trinajstić information content (AvgIpc) is 2.65. The highest BCUT2D eigenvalue weighted by Gasteiger charge is 2.07. The zero-order valence-corrected chi connectivity index (χ0v) is 14.3. The summed E-state index contributed by atoms with van der Waals surface area (Å²) in [5.74, 6) is -0.203. The van der Waals surface area contributed by atoms with Crippen LogP contribution in [0.2, 0.25) is 0 Å². The topological polar surface area (TPSA) is 64.6 Å². The fourth-order valence-electron chi connectivity index (χ4n) is 2.20. The molecule has 0 aromatic heterocycles. The van der Waals surface area contributed by atoms with Gasteiger partial charge in [-0.3, -0.25) is 4.79 Å². The second kappa shape index (κ2) is 9.27. The predicted molar refractivity (Wildman–Crippen MR) is 97.4 cm³/mol. The lowest BCUT2D eigenvalue weighted by Gasteiger charge is -2.09. The van der Waals surface area contributed by atoms with E-state index in [0.717, 1.165) is 29.0 Å². The number of esters is 1. The predicted octanol–water partition coefficient (Wildman–Crippen LogP) is 3.45. The van der Waals surface area contributed by atoms with Crippen LogP contribution < -0.4 is 10.1 Å². The molecular formula is C20H21NO4. The molecule has 0 atom stereocenters. The maximum atomic E-state index is 11.9. The molecular weight excluding hydrogens is 318 g/mol. The van der Waals surface area contributed by atoms with Crippen molar-refractivity contribution in [2.24, 2.45) is 0 Å². The SMILES string of the molecule is CCc1ccccc1NC(=O)COC(=O)/C=C/c1ccc(OC)cc1. The molecule has 0 bridgehead atoms. The van der Waals surface area contributed by atoms with Gasteiger partial charge in [0.05, 0.1) is 7.11 Å². The van der Waals surface area contributed by atoms with Crippen LogP contribution in [0.4, 0.5) is 5.69 Å². The van der Waals surface area contributed by atoms with E-state index in [9.17, 15) is 9.59 Å². The second-order valence-electron chi connectivity index (χ2n) is 5.27. The van der Waals surface area contributed by atoms with Gasteiger partial charge in [0.1, 0.15) is 5.75 Å². The van der Waals surface area contributed by atoms with Crippen LogP contribution in [0.5, 0.6) is 5.75 Å². The number of para-hydroxylation sites is 1. The standard InChI is InChI=1S/C20H21NO4/c1-3-16-6-4-5-7-18(16)21-19(22)14-25-20(23)13-10-15-8-11-17(24-2)12-9-15/h4-13H,3,14H2,1-2H3,(H,21,22)/b13-10+. The fourth-order valence-corrected chi connectivity index (χ4v) is 2.20. The molecule has 0 radical (unpaired) electrons. The first-order chi connectivity index (χ1) is 12.1. The number of anilines is 1. The van der Waals surface area contributed by atoms with Crippen molar-refractivity contribution in [1.29, 1.82) is 0 Å². The van der Waals surface area contributed by atoms with Gasteiger partial charge in [0.15, 0.2) is 6.61 Å². The number of rotatable bonds is 7. The van der Waals surface area contributed by atoms with E-state index < -0.39 is 5.97 Å². The van der Waals surface area contributed by atoms with Crippen LogP contribution in [0.15, 0.2) is 54.6 Å². The smallest absolute Gasteiger partial charge is 0.331 e. The van der Waals surface area contributed by atoms with Crippen LogP contribution in [0.25, 0.3) is 6.08 Å². The summed E-state index contributed by atoms with van der Waals surface area (Å²) in [6.07, 6.45) is 3.71. The Balaban J connectivity index is 1.82. The van der Waals surface area contributed by atoms with Crippen molar-refractivity contribution in [1.82, 2.24) is 0 Å². The highest BCUT2D eigenvalue weighted by Crippen LogP contribution is 2.15. The minimum atomic E-state index is -0.574. The van der Waals surface area contributed by atoms with E-state index in [1.165, 1.54) is 6.08 Å². The molecule has 5 heteroatoms. The van der Waals surface area contributed by atoms with Crippen LogP contribution in [-0.4, -0.2) is 25.6 Å². The van der Waals surface area contributed by atoms with Crippen molar-refractivity contribution in [3.63, 3.8) is 0 Å². The summed E-state index contributed by atoms with van der Waals surface area (Å²) in [6, 6.07) is 14.7. The van der Waals surface area contributed by atoms with Crippen molar-refractivity contribution >= 4 is 23.6 Å². The maximum absolute atomic E-state index is 11.9. The molecule has 130 valence electrons. The summed E-state index contributed by atoms with van der Waals surface area (Å²) in [7, 11) is 1.59. The van der Waals surface area contributed by atoms with Crippen molar-refractivity contribution in [2.45, 2.75) is 13.3 Å². The molecule has 0 spiro atoms. The third kappa shape index (κ3) is 5.80. The number of hydrogen-bond donors (Lipinski definition) is 1. The zero-order valence-electron chi connectivity index (χ0n) is 14.3. The number of ether oxygens (including phenoxy) is 2. The number of hydrogen-bond acceptors (Lipinski definition) is 4. The van der Waals surface area contributed by atoms with Gasteiger partial charge in [-0.25, -0.2) is 4.79 Å². The molecule has 0 unspecified atom stereocenters. The lowest BCUT2D eigenvalue weighted by Crippen LogP contribution is -2.20. The van der Waals surface area contributed by atoms with E-state index in [2.05, 4.69) is 5.32 Å². The molecule has 2 aromatic rings. The van der Waals surface area contributed by atoms with Crippen LogP contribution in [0.3, 0.4) is 0 Å². The molecule has 0 aliphatic heterocycles. The van der Waals surface area contributed by atoms with Crippen molar-refractivity contribution in [2.75, 3.05) is 19.0 Å². The van der Waals surface area contributed by atoms with Gasteiger partial charge in [0.2, 0.25) is 0 Å². The number of aryl methyl sites for hydroxylation is 1. The quantitative estimate of drug-likeness (QED) is 0.620. The number of benzene rings is 2. The largest absolute Gasteiger partial charge is 0.497 e. The molecule has 0 saturated heterocycles. The highest BCUT2D eigenvalue weighted by molar-refractivity contribution is 5.95. The molecule has 5 nitrogen and oxygen atoms in total. The van der Waals surface area contributed by atoms with E-state index in [4.69, 9.17) is 9.47 Å². The van der Waals surface area contributed by atoms with Gasteiger partial charge < -0.3 is 14.8 Å². The van der Waals surface area contributed by atoms with Crippen LogP contribution in [-0.2, 0) is 20.7 Å². The minimum absolute atomic E-state index is 0.330. The molecule has 0 fully saturated rings. The normalized spacial score (nSPS) is 10.5. The lowest BCUT2D eigenvalue weighted by molar-refractivity contribution is -0.142. The Morgan fingerprint density at radius 2 is 1.80 bits per heavy atom. The van der Waals surface area contributed by atoms with Crippen molar-refractivity contribution in [3.8, 4) is 5.75 Å². The molecule has 0 saturated carbocycles. The molecule has 0 aliphatic rings. The van der Waals surface area contributed by atoms with Gasteiger partial charge in [0.25, 0.3) is 5.91 Å². The summed E-state index contributed by atoms with van der Waals surface area (Å²) in [5.41, 5.74) is 2.60. The van der Waals surface area contributed by atoms with E-state index >= 15 is 0 Å². The maximum Gasteiger partial charge on any atom is 0.331 e. The molecule has 1 amide bonds. The number of nitrogens with one attached hydrogen (secondary N) is 1. The van der Waals surface area contributed by atoms with Gasteiger partial charge in [0, 0.05) is 11.8 Å². The number of carbonyl (C=O) groups excluding carboxylic acids is 2. The minimum Gasteiger partial charge on any atom is -0.497 e. The third-order valence-electron chi connectivity index (χ3n) is 3.55.